The van der Waals surface area contributed by atoms with Gasteiger partial charge in [0, 0.05) is 0 Å². The lowest BCUT2D eigenvalue weighted by molar-refractivity contribution is -0.496. The van der Waals surface area contributed by atoms with E-state index in [9.17, 15) is 10.3 Å². The van der Waals surface area contributed by atoms with Crippen molar-refractivity contribution in [1.82, 2.24) is 4.57 Å². The molecule has 0 amide bonds. The summed E-state index contributed by atoms with van der Waals surface area (Å²) in [6.07, 6.45) is 0. The highest BCUT2D eigenvalue weighted by atomic mass is 35.5. The standard InChI is InChI=1S/C15H12Cl2N2O2/c16-11-6-5-9(7-12(11)17)8-19-13-4-2-1-3-10(13)14(18-21)15(19)20/h1-7,20H,8,18H2. The van der Waals surface area contributed by atoms with Gasteiger partial charge < -0.3 is 20.4 Å². The first-order chi connectivity index (χ1) is 10.1. The van der Waals surface area contributed by atoms with Crippen LogP contribution in [0.3, 0.4) is 0 Å². The minimum absolute atomic E-state index is 0.0442. The smallest absolute Gasteiger partial charge is 0.256 e. The number of halogens is 2. The lowest BCUT2D eigenvalue weighted by atomic mass is 10.2. The molecule has 0 saturated heterocycles. The van der Waals surface area contributed by atoms with Crippen molar-refractivity contribution in [3.8, 4) is 5.88 Å². The zero-order valence-corrected chi connectivity index (χ0v) is 12.4. The maximum absolute atomic E-state index is 11.2. The molecule has 0 aliphatic heterocycles. The summed E-state index contributed by atoms with van der Waals surface area (Å²) < 4.78 is 1.68. The second-order valence-electron chi connectivity index (χ2n) is 4.71. The number of para-hydroxylation sites is 1. The molecule has 1 aromatic heterocycles. The van der Waals surface area contributed by atoms with Gasteiger partial charge in [-0.3, -0.25) is 0 Å². The Morgan fingerprint density at radius 1 is 1.10 bits per heavy atom. The van der Waals surface area contributed by atoms with Gasteiger partial charge >= 0.3 is 0 Å². The SMILES string of the molecule is [O-][NH2+]c1c(O)n(Cc2ccc(Cl)c(Cl)c2)c2ccccc12. The van der Waals surface area contributed by atoms with Gasteiger partial charge in [-0.25, -0.2) is 0 Å². The summed E-state index contributed by atoms with van der Waals surface area (Å²) in [4.78, 5) is 0. The topological polar surface area (TPSA) is 64.8 Å². The monoisotopic (exact) mass is 322 g/mol. The van der Waals surface area contributed by atoms with Crippen LogP contribution in [0.15, 0.2) is 42.5 Å². The first-order valence-electron chi connectivity index (χ1n) is 6.31. The number of aromatic nitrogens is 1. The van der Waals surface area contributed by atoms with Crippen molar-refractivity contribution in [1.29, 1.82) is 0 Å². The van der Waals surface area contributed by atoms with E-state index in [2.05, 4.69) is 0 Å². The van der Waals surface area contributed by atoms with Crippen molar-refractivity contribution < 1.29 is 10.6 Å². The third-order valence-corrected chi connectivity index (χ3v) is 4.16. The number of aromatic hydroxyl groups is 1. The second kappa shape index (κ2) is 5.58. The van der Waals surface area contributed by atoms with Gasteiger partial charge in [0.05, 0.1) is 27.5 Å². The lowest BCUT2D eigenvalue weighted by Gasteiger charge is -2.08. The summed E-state index contributed by atoms with van der Waals surface area (Å²) in [7, 11) is 0. The van der Waals surface area contributed by atoms with Crippen molar-refractivity contribution in [2.75, 3.05) is 0 Å². The van der Waals surface area contributed by atoms with Gasteiger partial charge in [0.25, 0.3) is 5.88 Å². The van der Waals surface area contributed by atoms with Gasteiger partial charge in [0.15, 0.2) is 5.69 Å². The Labute approximate surface area is 131 Å². The Morgan fingerprint density at radius 2 is 1.86 bits per heavy atom. The summed E-state index contributed by atoms with van der Waals surface area (Å²) in [5.74, 6) is -0.0442. The maximum Gasteiger partial charge on any atom is 0.256 e. The van der Waals surface area contributed by atoms with E-state index in [1.165, 1.54) is 0 Å². The minimum Gasteiger partial charge on any atom is -0.630 e. The Kier molecular flexibility index (Phi) is 3.78. The zero-order chi connectivity index (χ0) is 15.0. The van der Waals surface area contributed by atoms with Crippen LogP contribution in [0.1, 0.15) is 5.56 Å². The van der Waals surface area contributed by atoms with Crippen LogP contribution in [0.5, 0.6) is 5.88 Å². The Balaban J connectivity index is 2.12. The van der Waals surface area contributed by atoms with Crippen LogP contribution >= 0.6 is 23.2 Å². The molecule has 1 heterocycles. The van der Waals surface area contributed by atoms with Crippen LogP contribution in [0, 0.1) is 5.21 Å². The van der Waals surface area contributed by atoms with E-state index < -0.39 is 0 Å². The molecule has 0 spiro atoms. The van der Waals surface area contributed by atoms with Gasteiger partial charge in [-0.15, -0.1) is 0 Å². The molecule has 0 radical (unpaired) electrons. The summed E-state index contributed by atoms with van der Waals surface area (Å²) in [6, 6.07) is 12.7. The molecule has 6 heteroatoms. The second-order valence-corrected chi connectivity index (χ2v) is 5.52. The predicted octanol–water partition coefficient (Wildman–Crippen LogP) is 3.39. The first-order valence-corrected chi connectivity index (χ1v) is 7.06. The number of benzene rings is 2. The minimum atomic E-state index is -0.0442. The van der Waals surface area contributed by atoms with Crippen LogP contribution in [0.25, 0.3) is 10.9 Å². The molecule has 3 N–H and O–H groups in total. The quantitative estimate of drug-likeness (QED) is 0.726. The molecule has 0 unspecified atom stereocenters. The number of hydrogen-bond acceptors (Lipinski definition) is 2. The lowest BCUT2D eigenvalue weighted by Crippen LogP contribution is -2.70. The molecule has 0 bridgehead atoms. The number of nitrogens with zero attached hydrogens (tertiary/aromatic N) is 1. The van der Waals surface area contributed by atoms with Crippen LogP contribution in [0.2, 0.25) is 10.0 Å². The average Bonchev–Trinajstić information content (AvgIpc) is 2.75. The first kappa shape index (κ1) is 14.2. The highest BCUT2D eigenvalue weighted by molar-refractivity contribution is 6.42. The molecule has 0 fully saturated rings. The summed E-state index contributed by atoms with van der Waals surface area (Å²) >= 11 is 11.9. The normalized spacial score (nSPS) is 11.2. The van der Waals surface area contributed by atoms with Crippen LogP contribution in [0.4, 0.5) is 5.69 Å². The molecular formula is C15H12Cl2N2O2. The predicted molar refractivity (Wildman–Crippen MR) is 84.1 cm³/mol. The molecule has 0 saturated carbocycles. The summed E-state index contributed by atoms with van der Waals surface area (Å²) in [6.45, 7) is 0.400. The van der Waals surface area contributed by atoms with Crippen molar-refractivity contribution in [3.05, 3.63) is 63.3 Å². The van der Waals surface area contributed by atoms with Gasteiger partial charge in [0.2, 0.25) is 0 Å². The zero-order valence-electron chi connectivity index (χ0n) is 10.9. The molecule has 0 aliphatic rings. The van der Waals surface area contributed by atoms with E-state index >= 15 is 0 Å². The molecule has 0 atom stereocenters. The number of hydrogen-bond donors (Lipinski definition) is 2. The van der Waals surface area contributed by atoms with Crippen molar-refractivity contribution in [2.45, 2.75) is 6.54 Å². The highest BCUT2D eigenvalue weighted by Gasteiger charge is 2.18. The fourth-order valence-electron chi connectivity index (χ4n) is 2.41. The van der Waals surface area contributed by atoms with E-state index in [0.29, 0.717) is 27.8 Å². The fourth-order valence-corrected chi connectivity index (χ4v) is 2.73. The van der Waals surface area contributed by atoms with E-state index in [0.717, 1.165) is 16.5 Å². The Bertz CT molecular complexity index is 815. The third kappa shape index (κ3) is 2.47. The highest BCUT2D eigenvalue weighted by Crippen LogP contribution is 2.34. The molecule has 4 nitrogen and oxygen atoms in total. The fraction of sp³-hybridized carbons (Fsp3) is 0.0667. The van der Waals surface area contributed by atoms with Crippen LogP contribution in [-0.4, -0.2) is 9.67 Å². The van der Waals surface area contributed by atoms with Crippen molar-refractivity contribution in [2.24, 2.45) is 0 Å². The number of fused-ring (bicyclic) bond motifs is 1. The number of quaternary nitrogens is 1. The van der Waals surface area contributed by atoms with Crippen LogP contribution < -0.4 is 5.48 Å². The van der Waals surface area contributed by atoms with Gasteiger partial charge in [-0.2, -0.15) is 0 Å². The molecule has 21 heavy (non-hydrogen) atoms. The number of nitrogens with two attached hydrogens (primary N) is 1. The molecular weight excluding hydrogens is 311 g/mol. The van der Waals surface area contributed by atoms with E-state index in [-0.39, 0.29) is 5.88 Å². The van der Waals surface area contributed by atoms with Crippen molar-refractivity contribution in [3.63, 3.8) is 0 Å². The third-order valence-electron chi connectivity index (χ3n) is 3.42. The molecule has 0 aliphatic carbocycles. The summed E-state index contributed by atoms with van der Waals surface area (Å²) in [5.41, 5.74) is 2.65. The van der Waals surface area contributed by atoms with E-state index in [1.54, 1.807) is 16.7 Å². The Hall–Kier alpha value is -1.72. The van der Waals surface area contributed by atoms with Gasteiger partial charge in [0.1, 0.15) is 0 Å². The van der Waals surface area contributed by atoms with Gasteiger partial charge in [-0.05, 0) is 29.8 Å². The average molecular weight is 323 g/mol. The van der Waals surface area contributed by atoms with E-state index in [4.69, 9.17) is 23.2 Å². The maximum atomic E-state index is 11.2. The van der Waals surface area contributed by atoms with Crippen LogP contribution in [-0.2, 0) is 6.54 Å². The molecule has 3 aromatic rings. The van der Waals surface area contributed by atoms with E-state index in [1.807, 2.05) is 30.3 Å². The number of rotatable bonds is 3. The van der Waals surface area contributed by atoms with Crippen molar-refractivity contribution >= 4 is 39.8 Å². The molecule has 3 rings (SSSR count). The Morgan fingerprint density at radius 3 is 2.57 bits per heavy atom. The van der Waals surface area contributed by atoms with Gasteiger partial charge in [-0.1, -0.05) is 41.4 Å². The largest absolute Gasteiger partial charge is 0.630 e. The molecule has 108 valence electrons. The molecule has 2 aromatic carbocycles. The summed E-state index contributed by atoms with van der Waals surface area (Å²) in [5, 5.41) is 23.1.